The molecule has 0 radical (unpaired) electrons. The summed E-state index contributed by atoms with van der Waals surface area (Å²) in [4.78, 5) is 3.70. The quantitative estimate of drug-likeness (QED) is 0.674. The number of pyridine rings is 1. The average Bonchev–Trinajstić information content (AvgIpc) is 2.09. The summed E-state index contributed by atoms with van der Waals surface area (Å²) in [5.41, 5.74) is 5.59. The van der Waals surface area contributed by atoms with E-state index in [9.17, 15) is 8.78 Å². The van der Waals surface area contributed by atoms with Gasteiger partial charge in [-0.3, -0.25) is 0 Å². The molecule has 2 rings (SSSR count). The molecule has 0 aliphatic rings. The van der Waals surface area contributed by atoms with E-state index in [0.29, 0.717) is 5.52 Å². The molecule has 2 nitrogen and oxygen atoms in total. The Kier molecular flexibility index (Phi) is 1.62. The lowest BCUT2D eigenvalue weighted by Gasteiger charge is -2.00. The molecule has 0 atom stereocenters. The number of benzene rings is 1. The number of nitrogens with two attached hydrogens (primary N) is 1. The normalized spacial score (nSPS) is 10.6. The van der Waals surface area contributed by atoms with Crippen LogP contribution in [0.25, 0.3) is 10.9 Å². The van der Waals surface area contributed by atoms with Crippen LogP contribution < -0.4 is 5.73 Å². The molecule has 0 fully saturated rings. The molecule has 1 heterocycles. The minimum atomic E-state index is -0.697. The van der Waals surface area contributed by atoms with Crippen LogP contribution in [0.3, 0.4) is 0 Å². The Hall–Kier alpha value is -1.71. The third kappa shape index (κ3) is 1.20. The number of aromatic nitrogens is 1. The van der Waals surface area contributed by atoms with Crippen molar-refractivity contribution in [3.05, 3.63) is 35.9 Å². The van der Waals surface area contributed by atoms with Gasteiger partial charge in [0.15, 0.2) is 11.6 Å². The van der Waals surface area contributed by atoms with Crippen LogP contribution >= 0.6 is 0 Å². The van der Waals surface area contributed by atoms with Crippen LogP contribution in [0.1, 0.15) is 0 Å². The summed E-state index contributed by atoms with van der Waals surface area (Å²) in [5, 5.41) is 0.147. The van der Waals surface area contributed by atoms with Crippen LogP contribution in [0.15, 0.2) is 24.3 Å². The Morgan fingerprint density at radius 1 is 1.15 bits per heavy atom. The fraction of sp³-hybridized carbons (Fsp3) is 0. The van der Waals surface area contributed by atoms with Gasteiger partial charge >= 0.3 is 0 Å². The predicted molar refractivity (Wildman–Crippen MR) is 46.1 cm³/mol. The Labute approximate surface area is 73.0 Å². The molecule has 0 bridgehead atoms. The molecule has 0 spiro atoms. The molecule has 66 valence electrons. The summed E-state index contributed by atoms with van der Waals surface area (Å²) in [7, 11) is 0. The lowest BCUT2D eigenvalue weighted by molar-refractivity contribution is 0.621. The van der Waals surface area contributed by atoms with Crippen molar-refractivity contribution in [2.24, 2.45) is 0 Å². The number of anilines is 1. The van der Waals surface area contributed by atoms with E-state index in [0.717, 1.165) is 6.07 Å². The largest absolute Gasteiger partial charge is 0.381 e. The third-order valence-electron chi connectivity index (χ3n) is 1.79. The van der Waals surface area contributed by atoms with Crippen molar-refractivity contribution < 1.29 is 8.78 Å². The van der Waals surface area contributed by atoms with Crippen molar-refractivity contribution in [2.75, 3.05) is 5.73 Å². The first kappa shape index (κ1) is 7.91. The summed E-state index contributed by atoms with van der Waals surface area (Å²) in [6.45, 7) is 0. The fourth-order valence-electron chi connectivity index (χ4n) is 1.15. The van der Waals surface area contributed by atoms with Crippen molar-refractivity contribution in [2.45, 2.75) is 0 Å². The fourth-order valence-corrected chi connectivity index (χ4v) is 1.15. The molecular formula is C9H6F2N2. The van der Waals surface area contributed by atoms with Gasteiger partial charge in [-0.1, -0.05) is 6.07 Å². The minimum absolute atomic E-state index is 0.147. The maximum atomic E-state index is 13.1. The summed E-state index contributed by atoms with van der Waals surface area (Å²) in [5.74, 6) is -1.40. The van der Waals surface area contributed by atoms with Gasteiger partial charge in [0.05, 0.1) is 5.52 Å². The average molecular weight is 180 g/mol. The van der Waals surface area contributed by atoms with Crippen LogP contribution in [-0.2, 0) is 0 Å². The van der Waals surface area contributed by atoms with Gasteiger partial charge < -0.3 is 5.73 Å². The highest BCUT2D eigenvalue weighted by atomic mass is 19.1. The van der Waals surface area contributed by atoms with Gasteiger partial charge in [0.1, 0.15) is 5.82 Å². The summed E-state index contributed by atoms with van der Waals surface area (Å²) in [6, 6.07) is 5.38. The van der Waals surface area contributed by atoms with Crippen LogP contribution in [0.4, 0.5) is 14.6 Å². The van der Waals surface area contributed by atoms with E-state index in [4.69, 9.17) is 5.73 Å². The van der Waals surface area contributed by atoms with Gasteiger partial charge in [-0.05, 0) is 18.2 Å². The van der Waals surface area contributed by atoms with Crippen molar-refractivity contribution in [3.63, 3.8) is 0 Å². The number of hydrogen-bond acceptors (Lipinski definition) is 2. The van der Waals surface area contributed by atoms with Crippen molar-refractivity contribution in [1.82, 2.24) is 4.98 Å². The molecule has 0 saturated heterocycles. The molecule has 2 N–H and O–H groups in total. The van der Waals surface area contributed by atoms with Crippen molar-refractivity contribution >= 4 is 16.7 Å². The van der Waals surface area contributed by atoms with Crippen LogP contribution in [0.2, 0.25) is 0 Å². The minimum Gasteiger partial charge on any atom is -0.381 e. The van der Waals surface area contributed by atoms with Crippen LogP contribution in [-0.4, -0.2) is 4.98 Å². The molecule has 0 aliphatic heterocycles. The van der Waals surface area contributed by atoms with E-state index in [1.165, 1.54) is 12.1 Å². The topological polar surface area (TPSA) is 38.9 Å². The number of nitrogen functional groups attached to an aromatic ring is 1. The second-order valence-electron chi connectivity index (χ2n) is 2.66. The standard InChI is InChI=1S/C9H6F2N2/c10-6-2-1-3-8-5(6)4-7(11)9(12)13-8/h1-4H,(H2,12,13). The zero-order chi connectivity index (χ0) is 9.42. The molecule has 0 unspecified atom stereocenters. The summed E-state index contributed by atoms with van der Waals surface area (Å²) < 4.78 is 25.9. The first-order chi connectivity index (χ1) is 6.18. The van der Waals surface area contributed by atoms with Gasteiger partial charge in [0.25, 0.3) is 0 Å². The molecule has 1 aromatic heterocycles. The lowest BCUT2D eigenvalue weighted by Crippen LogP contribution is -1.95. The first-order valence-electron chi connectivity index (χ1n) is 3.69. The second-order valence-corrected chi connectivity index (χ2v) is 2.66. The van der Waals surface area contributed by atoms with Crippen molar-refractivity contribution in [1.29, 1.82) is 0 Å². The molecule has 0 saturated carbocycles. The third-order valence-corrected chi connectivity index (χ3v) is 1.79. The van der Waals surface area contributed by atoms with Gasteiger partial charge in [-0.15, -0.1) is 0 Å². The lowest BCUT2D eigenvalue weighted by atomic mass is 10.2. The monoisotopic (exact) mass is 180 g/mol. The molecule has 1 aromatic carbocycles. The number of fused-ring (bicyclic) bond motifs is 1. The Morgan fingerprint density at radius 2 is 1.92 bits per heavy atom. The van der Waals surface area contributed by atoms with E-state index in [1.807, 2.05) is 0 Å². The van der Waals surface area contributed by atoms with Gasteiger partial charge in [0.2, 0.25) is 0 Å². The number of hydrogen-bond donors (Lipinski definition) is 1. The number of rotatable bonds is 0. The van der Waals surface area contributed by atoms with Crippen molar-refractivity contribution in [3.8, 4) is 0 Å². The van der Waals surface area contributed by atoms with Gasteiger partial charge in [-0.25, -0.2) is 13.8 Å². The number of halogens is 2. The van der Waals surface area contributed by atoms with Crippen LogP contribution in [0, 0.1) is 11.6 Å². The van der Waals surface area contributed by atoms with Gasteiger partial charge in [0, 0.05) is 5.39 Å². The Bertz CT molecular complexity index is 468. The maximum absolute atomic E-state index is 13.1. The SMILES string of the molecule is Nc1nc2cccc(F)c2cc1F. The van der Waals surface area contributed by atoms with E-state index < -0.39 is 11.6 Å². The maximum Gasteiger partial charge on any atom is 0.165 e. The predicted octanol–water partition coefficient (Wildman–Crippen LogP) is 2.10. The summed E-state index contributed by atoms with van der Waals surface area (Å²) in [6.07, 6.45) is 0. The second kappa shape index (κ2) is 2.65. The van der Waals surface area contributed by atoms with E-state index in [-0.39, 0.29) is 11.2 Å². The molecule has 4 heteroatoms. The summed E-state index contributed by atoms with van der Waals surface area (Å²) >= 11 is 0. The highest BCUT2D eigenvalue weighted by Crippen LogP contribution is 2.19. The highest BCUT2D eigenvalue weighted by Gasteiger charge is 2.05. The molecule has 0 amide bonds. The zero-order valence-electron chi connectivity index (χ0n) is 6.59. The van der Waals surface area contributed by atoms with Gasteiger partial charge in [-0.2, -0.15) is 0 Å². The van der Waals surface area contributed by atoms with E-state index in [2.05, 4.69) is 4.98 Å². The number of nitrogens with zero attached hydrogens (tertiary/aromatic N) is 1. The molecule has 0 aliphatic carbocycles. The Morgan fingerprint density at radius 3 is 2.69 bits per heavy atom. The molecule has 13 heavy (non-hydrogen) atoms. The van der Waals surface area contributed by atoms with E-state index in [1.54, 1.807) is 6.07 Å². The molecule has 2 aromatic rings. The Balaban J connectivity index is 2.89. The zero-order valence-corrected chi connectivity index (χ0v) is 6.59. The molecular weight excluding hydrogens is 174 g/mol. The highest BCUT2D eigenvalue weighted by molar-refractivity contribution is 5.80. The smallest absolute Gasteiger partial charge is 0.165 e. The first-order valence-corrected chi connectivity index (χ1v) is 3.69. The van der Waals surface area contributed by atoms with Crippen LogP contribution in [0.5, 0.6) is 0 Å². The van der Waals surface area contributed by atoms with E-state index >= 15 is 0 Å².